The van der Waals surface area contributed by atoms with Crippen molar-refractivity contribution in [2.45, 2.75) is 6.42 Å². The van der Waals surface area contributed by atoms with Crippen molar-refractivity contribution in [1.82, 2.24) is 34.5 Å². The second-order valence-electron chi connectivity index (χ2n) is 24.8. The Kier molecular flexibility index (Phi) is 13.7. The fraction of sp³-hybridized carbons (Fsp3) is 0.0115. The standard InChI is InChI=1S/C43H24N4S2.C29H16S2.C15H10ClN3/c1-3-13-25(14-4-1)41-44-42(26-15-5-2-6-16-26)46-43(45-41)47-31-20-10-7-17-27(31)38-39(47)30-23-24-34-35(28-18-8-11-21-32(28)48-34)36(30)37-29-19-9-12-22-33(29)49-40(37)38;1-2-8-17-16(7-1)15-21-18-13-14-24-26(19-9-3-5-11-22(19)30-24)27(18)28-20-10-4-6-12-23(20)31-29(28)25(17)21;16-15-18-13(11-7-3-1-4-8-11)17-14(19-15)12-9-5-2-6-10-12/h1-24H;1-14H,15H2;1-10H. The number of hydrogen-bond acceptors (Lipinski definition) is 10. The lowest BCUT2D eigenvalue weighted by molar-refractivity contribution is 0.955. The molecule has 7 heterocycles. The minimum Gasteiger partial charge on any atom is -0.277 e. The highest BCUT2D eigenvalue weighted by molar-refractivity contribution is 7.28. The lowest BCUT2D eigenvalue weighted by atomic mass is 9.92. The SMILES string of the molecule is Clc1nc(-c2ccccc2)nc(-c2ccccc2)n1.c1ccc(-c2nc(-c3ccccc3)nc(-n3c4ccccc4c4c5sc6ccccc6c5c5c(ccc6sc7ccccc7c65)c43)n2)cc1.c1ccc2c(c1)Cc1c-2c2sc3ccccc3c2c2c1ccc1sc3ccccc3c12. The maximum Gasteiger partial charge on any atom is 0.238 e. The smallest absolute Gasteiger partial charge is 0.238 e. The largest absolute Gasteiger partial charge is 0.277 e. The minimum absolute atomic E-state index is 0.202. The summed E-state index contributed by atoms with van der Waals surface area (Å²) in [5, 5.41) is 18.9. The van der Waals surface area contributed by atoms with Crippen LogP contribution in [-0.2, 0) is 6.42 Å². The number of rotatable bonds is 5. The molecule has 0 amide bonds. The van der Waals surface area contributed by atoms with Crippen LogP contribution in [0.1, 0.15) is 11.1 Å². The summed E-state index contributed by atoms with van der Waals surface area (Å²) in [5.41, 5.74) is 11.8. The Bertz CT molecular complexity index is 6730. The van der Waals surface area contributed by atoms with Gasteiger partial charge in [-0.3, -0.25) is 4.57 Å². The molecule has 0 spiro atoms. The monoisotopic (exact) mass is 1360 g/mol. The van der Waals surface area contributed by atoms with Gasteiger partial charge < -0.3 is 0 Å². The number of halogens is 1. The van der Waals surface area contributed by atoms with Gasteiger partial charge in [0.2, 0.25) is 11.2 Å². The first kappa shape index (κ1) is 57.8. The minimum atomic E-state index is 0.202. The summed E-state index contributed by atoms with van der Waals surface area (Å²) in [7, 11) is 0. The third-order valence-corrected chi connectivity index (χ3v) is 24.0. The van der Waals surface area contributed by atoms with Gasteiger partial charge in [0.05, 0.1) is 11.0 Å². The van der Waals surface area contributed by atoms with Gasteiger partial charge in [-0.25, -0.2) is 9.97 Å². The molecule has 0 aliphatic heterocycles. The molecule has 7 nitrogen and oxygen atoms in total. The highest BCUT2D eigenvalue weighted by Gasteiger charge is 2.29. The van der Waals surface area contributed by atoms with Crippen LogP contribution in [0.4, 0.5) is 0 Å². The Morgan fingerprint density at radius 1 is 0.283 bits per heavy atom. The molecule has 0 fully saturated rings. The Labute approximate surface area is 587 Å². The average Bonchev–Trinajstić information content (AvgIpc) is 1.56. The van der Waals surface area contributed by atoms with Crippen LogP contribution in [0.2, 0.25) is 5.28 Å². The first-order valence-electron chi connectivity index (χ1n) is 32.8. The van der Waals surface area contributed by atoms with E-state index in [4.69, 9.17) is 26.6 Å². The van der Waals surface area contributed by atoms with Crippen molar-refractivity contribution in [2.75, 3.05) is 0 Å². The van der Waals surface area contributed by atoms with E-state index in [-0.39, 0.29) is 5.28 Å². The Hall–Kier alpha value is -11.4. The highest BCUT2D eigenvalue weighted by atomic mass is 35.5. The normalized spacial score (nSPS) is 12.1. The van der Waals surface area contributed by atoms with Crippen LogP contribution in [0.15, 0.2) is 291 Å². The van der Waals surface area contributed by atoms with E-state index in [9.17, 15) is 0 Å². The quantitative estimate of drug-likeness (QED) is 0.171. The van der Waals surface area contributed by atoms with Crippen LogP contribution in [0, 0.1) is 0 Å². The number of aromatic nitrogens is 7. The van der Waals surface area contributed by atoms with Crippen LogP contribution < -0.4 is 0 Å². The van der Waals surface area contributed by atoms with Crippen molar-refractivity contribution >= 4 is 181 Å². The van der Waals surface area contributed by atoms with Crippen molar-refractivity contribution in [2.24, 2.45) is 0 Å². The predicted molar refractivity (Wildman–Crippen MR) is 422 cm³/mol. The van der Waals surface area contributed by atoms with Crippen LogP contribution >= 0.6 is 56.9 Å². The van der Waals surface area contributed by atoms with Gasteiger partial charge in [-0.15, -0.1) is 45.3 Å². The topological polar surface area (TPSA) is 82.3 Å². The summed E-state index contributed by atoms with van der Waals surface area (Å²) in [6.45, 7) is 0. The van der Waals surface area contributed by atoms with E-state index in [2.05, 4.69) is 214 Å². The number of para-hydroxylation sites is 1. The van der Waals surface area contributed by atoms with Gasteiger partial charge in [-0.2, -0.15) is 19.9 Å². The molecular formula is C87H50ClN7S4. The van der Waals surface area contributed by atoms with E-state index in [1.807, 2.05) is 142 Å². The molecule has 22 rings (SSSR count). The zero-order valence-corrected chi connectivity index (χ0v) is 56.6. The number of thiophene rings is 4. The molecule has 1 aliphatic carbocycles. The summed E-state index contributed by atoms with van der Waals surface area (Å²) in [5.74, 6) is 3.07. The maximum absolute atomic E-state index is 5.99. The Morgan fingerprint density at radius 3 is 1.20 bits per heavy atom. The molecule has 1 aliphatic rings. The van der Waals surface area contributed by atoms with Crippen LogP contribution in [0.3, 0.4) is 0 Å². The van der Waals surface area contributed by atoms with E-state index in [1.54, 1.807) is 0 Å². The molecule has 7 aromatic heterocycles. The lowest BCUT2D eigenvalue weighted by Crippen LogP contribution is -2.06. The van der Waals surface area contributed by atoms with E-state index >= 15 is 0 Å². The second kappa shape index (κ2) is 23.4. The average molecular weight is 1360 g/mol. The molecule has 0 bridgehead atoms. The zero-order chi connectivity index (χ0) is 65.2. The third kappa shape index (κ3) is 9.41. The van der Waals surface area contributed by atoms with E-state index in [0.29, 0.717) is 29.2 Å². The summed E-state index contributed by atoms with van der Waals surface area (Å²) in [6, 6.07) is 102. The second-order valence-corrected chi connectivity index (χ2v) is 29.4. The fourth-order valence-corrected chi connectivity index (χ4v) is 20.0. The first-order chi connectivity index (χ1) is 49.0. The zero-order valence-electron chi connectivity index (χ0n) is 52.6. The summed E-state index contributed by atoms with van der Waals surface area (Å²) in [4.78, 5) is 28.3. The van der Waals surface area contributed by atoms with Crippen molar-refractivity contribution in [1.29, 1.82) is 0 Å². The van der Waals surface area contributed by atoms with Gasteiger partial charge in [0.15, 0.2) is 23.3 Å². The molecule has 12 heteroatoms. The maximum atomic E-state index is 5.99. The third-order valence-electron chi connectivity index (χ3n) is 19.2. The Balaban J connectivity index is 0.000000112. The number of fused-ring (bicyclic) bond motifs is 28. The molecule has 464 valence electrons. The molecule has 99 heavy (non-hydrogen) atoms. The van der Waals surface area contributed by atoms with Gasteiger partial charge in [0.25, 0.3) is 0 Å². The molecule has 0 unspecified atom stereocenters. The van der Waals surface area contributed by atoms with Crippen molar-refractivity contribution < 1.29 is 0 Å². The van der Waals surface area contributed by atoms with Gasteiger partial charge >= 0.3 is 0 Å². The lowest BCUT2D eigenvalue weighted by Gasteiger charge is -2.13. The molecule has 21 aromatic rings. The molecule has 0 saturated heterocycles. The first-order valence-corrected chi connectivity index (χ1v) is 36.5. The molecular weight excluding hydrogens is 1310 g/mol. The van der Waals surface area contributed by atoms with E-state index in [0.717, 1.165) is 39.7 Å². The summed E-state index contributed by atoms with van der Waals surface area (Å²) < 4.78 is 13.1. The van der Waals surface area contributed by atoms with Gasteiger partial charge in [-0.05, 0) is 82.6 Å². The van der Waals surface area contributed by atoms with Gasteiger partial charge in [0.1, 0.15) is 0 Å². The fourth-order valence-electron chi connectivity index (χ4n) is 15.0. The summed E-state index contributed by atoms with van der Waals surface area (Å²) in [6.07, 6.45) is 1.03. The number of nitrogens with zero attached hydrogens (tertiary/aromatic N) is 7. The van der Waals surface area contributed by atoms with E-state index < -0.39 is 0 Å². The summed E-state index contributed by atoms with van der Waals surface area (Å²) >= 11 is 13.6. The van der Waals surface area contributed by atoms with Crippen molar-refractivity contribution in [3.8, 4) is 62.6 Å². The molecule has 0 radical (unpaired) electrons. The molecule has 0 saturated carbocycles. The van der Waals surface area contributed by atoms with Gasteiger partial charge in [0, 0.05) is 135 Å². The highest BCUT2D eigenvalue weighted by Crippen LogP contribution is 2.55. The molecule has 0 N–H and O–H groups in total. The van der Waals surface area contributed by atoms with Crippen molar-refractivity contribution in [3.05, 3.63) is 308 Å². The molecule has 0 atom stereocenters. The van der Waals surface area contributed by atoms with Gasteiger partial charge in [-0.1, -0.05) is 249 Å². The van der Waals surface area contributed by atoms with Crippen LogP contribution in [-0.4, -0.2) is 34.5 Å². The van der Waals surface area contributed by atoms with E-state index in [1.165, 1.54) is 135 Å². The Morgan fingerprint density at radius 2 is 0.677 bits per heavy atom. The van der Waals surface area contributed by atoms with Crippen LogP contribution in [0.5, 0.6) is 0 Å². The molecule has 14 aromatic carbocycles. The van der Waals surface area contributed by atoms with Crippen LogP contribution in [0.25, 0.3) is 187 Å². The number of hydrogen-bond donors (Lipinski definition) is 0. The number of benzene rings is 14. The predicted octanol–water partition coefficient (Wildman–Crippen LogP) is 25.2. The van der Waals surface area contributed by atoms with Crippen molar-refractivity contribution in [3.63, 3.8) is 0 Å².